The molecule has 0 aromatic heterocycles. The zero-order valence-corrected chi connectivity index (χ0v) is 12.9. The van der Waals surface area contributed by atoms with Crippen molar-refractivity contribution in [3.8, 4) is 17.6 Å². The lowest BCUT2D eigenvalue weighted by Crippen LogP contribution is -2.28. The van der Waals surface area contributed by atoms with Crippen LogP contribution in [0.1, 0.15) is 11.1 Å². The molecular weight excluding hydrogens is 294 g/mol. The van der Waals surface area contributed by atoms with Gasteiger partial charge in [-0.15, -0.1) is 0 Å². The molecule has 0 saturated heterocycles. The molecule has 0 aliphatic heterocycles. The first-order valence-corrected chi connectivity index (χ1v) is 6.92. The van der Waals surface area contributed by atoms with Crippen LogP contribution in [0.4, 0.5) is 10.5 Å². The number of nitrogens with one attached hydrogen (secondary N) is 2. The zero-order valence-electron chi connectivity index (χ0n) is 12.9. The van der Waals surface area contributed by atoms with Gasteiger partial charge >= 0.3 is 6.03 Å². The smallest absolute Gasteiger partial charge is 0.319 e. The number of anilines is 1. The van der Waals surface area contributed by atoms with E-state index >= 15 is 0 Å². The Bertz CT molecular complexity index is 721. The van der Waals surface area contributed by atoms with Crippen LogP contribution in [-0.2, 0) is 6.54 Å². The maximum Gasteiger partial charge on any atom is 0.319 e. The number of nitrogens with zero attached hydrogens (tertiary/aromatic N) is 1. The van der Waals surface area contributed by atoms with E-state index in [-0.39, 0.29) is 6.03 Å². The minimum Gasteiger partial charge on any atom is -0.493 e. The predicted molar refractivity (Wildman–Crippen MR) is 86.6 cm³/mol. The fraction of sp³-hybridized carbons (Fsp3) is 0.176. The SMILES string of the molecule is COc1cccc(CNC(=O)Nc2ccc(C#N)cc2)c1OC. The third-order valence-electron chi connectivity index (χ3n) is 3.20. The van der Waals surface area contributed by atoms with Crippen molar-refractivity contribution >= 4 is 11.7 Å². The topological polar surface area (TPSA) is 83.4 Å². The summed E-state index contributed by atoms with van der Waals surface area (Å²) in [6, 6.07) is 13.8. The quantitative estimate of drug-likeness (QED) is 0.889. The van der Waals surface area contributed by atoms with Gasteiger partial charge in [-0.25, -0.2) is 4.79 Å². The number of hydrogen-bond acceptors (Lipinski definition) is 4. The maximum atomic E-state index is 11.9. The summed E-state index contributed by atoms with van der Waals surface area (Å²) in [7, 11) is 3.12. The van der Waals surface area contributed by atoms with Crippen LogP contribution in [0.25, 0.3) is 0 Å². The molecule has 23 heavy (non-hydrogen) atoms. The van der Waals surface area contributed by atoms with E-state index in [1.165, 1.54) is 0 Å². The molecule has 6 nitrogen and oxygen atoms in total. The average molecular weight is 311 g/mol. The van der Waals surface area contributed by atoms with Gasteiger partial charge in [-0.3, -0.25) is 0 Å². The Morgan fingerprint density at radius 1 is 1.13 bits per heavy atom. The number of methoxy groups -OCH3 is 2. The van der Waals surface area contributed by atoms with Crippen LogP contribution in [-0.4, -0.2) is 20.3 Å². The molecule has 118 valence electrons. The molecule has 0 aliphatic carbocycles. The third-order valence-corrected chi connectivity index (χ3v) is 3.20. The first-order valence-electron chi connectivity index (χ1n) is 6.92. The van der Waals surface area contributed by atoms with E-state index in [1.54, 1.807) is 44.6 Å². The van der Waals surface area contributed by atoms with Gasteiger partial charge in [-0.1, -0.05) is 12.1 Å². The van der Waals surface area contributed by atoms with Gasteiger partial charge in [0.15, 0.2) is 11.5 Å². The first-order chi connectivity index (χ1) is 11.2. The molecule has 0 saturated carbocycles. The predicted octanol–water partition coefficient (Wildman–Crippen LogP) is 2.90. The monoisotopic (exact) mass is 311 g/mol. The summed E-state index contributed by atoms with van der Waals surface area (Å²) in [6.07, 6.45) is 0. The van der Waals surface area contributed by atoms with E-state index in [9.17, 15) is 4.79 Å². The molecule has 0 aliphatic rings. The number of carbonyl (C=O) groups excluding carboxylic acids is 1. The minimum absolute atomic E-state index is 0.294. The lowest BCUT2D eigenvalue weighted by molar-refractivity contribution is 0.251. The second-order valence-electron chi connectivity index (χ2n) is 4.65. The Hall–Kier alpha value is -3.20. The Morgan fingerprint density at radius 2 is 1.87 bits per heavy atom. The van der Waals surface area contributed by atoms with Crippen molar-refractivity contribution in [3.63, 3.8) is 0 Å². The Kier molecular flexibility index (Phi) is 5.42. The maximum absolute atomic E-state index is 11.9. The molecule has 2 rings (SSSR count). The molecule has 0 radical (unpaired) electrons. The van der Waals surface area contributed by atoms with Crippen molar-refractivity contribution in [2.24, 2.45) is 0 Å². The number of amides is 2. The van der Waals surface area contributed by atoms with Gasteiger partial charge in [-0.2, -0.15) is 5.26 Å². The molecule has 0 bridgehead atoms. The van der Waals surface area contributed by atoms with Gasteiger partial charge in [0.05, 0.1) is 25.9 Å². The molecule has 0 spiro atoms. The van der Waals surface area contributed by atoms with Crippen molar-refractivity contribution in [2.45, 2.75) is 6.54 Å². The van der Waals surface area contributed by atoms with Crippen molar-refractivity contribution in [1.29, 1.82) is 5.26 Å². The normalized spacial score (nSPS) is 9.61. The van der Waals surface area contributed by atoms with Crippen LogP contribution in [0.15, 0.2) is 42.5 Å². The van der Waals surface area contributed by atoms with Crippen LogP contribution in [0.5, 0.6) is 11.5 Å². The number of rotatable bonds is 5. The summed E-state index contributed by atoms with van der Waals surface area (Å²) in [6.45, 7) is 0.294. The minimum atomic E-state index is -0.348. The molecule has 0 unspecified atom stereocenters. The lowest BCUT2D eigenvalue weighted by Gasteiger charge is -2.13. The summed E-state index contributed by atoms with van der Waals surface area (Å²) in [5.41, 5.74) is 1.96. The summed E-state index contributed by atoms with van der Waals surface area (Å²) in [5, 5.41) is 14.2. The second kappa shape index (κ2) is 7.71. The largest absolute Gasteiger partial charge is 0.493 e. The van der Waals surface area contributed by atoms with Crippen LogP contribution in [0.2, 0.25) is 0 Å². The molecule has 2 amide bonds. The zero-order chi connectivity index (χ0) is 16.7. The number of para-hydroxylation sites is 1. The Labute approximate surface area is 134 Å². The average Bonchev–Trinajstić information content (AvgIpc) is 2.60. The number of urea groups is 1. The number of benzene rings is 2. The van der Waals surface area contributed by atoms with Crippen LogP contribution >= 0.6 is 0 Å². The van der Waals surface area contributed by atoms with E-state index in [4.69, 9.17) is 14.7 Å². The highest BCUT2D eigenvalue weighted by Crippen LogP contribution is 2.30. The second-order valence-corrected chi connectivity index (χ2v) is 4.65. The van der Waals surface area contributed by atoms with E-state index in [0.29, 0.717) is 29.3 Å². The lowest BCUT2D eigenvalue weighted by atomic mass is 10.2. The Morgan fingerprint density at radius 3 is 2.48 bits per heavy atom. The van der Waals surface area contributed by atoms with Crippen LogP contribution in [0, 0.1) is 11.3 Å². The highest BCUT2D eigenvalue weighted by molar-refractivity contribution is 5.89. The van der Waals surface area contributed by atoms with E-state index in [1.807, 2.05) is 18.2 Å². The van der Waals surface area contributed by atoms with E-state index in [0.717, 1.165) is 5.56 Å². The van der Waals surface area contributed by atoms with Gasteiger partial charge in [0, 0.05) is 17.8 Å². The molecule has 2 aromatic carbocycles. The van der Waals surface area contributed by atoms with Crippen LogP contribution in [0.3, 0.4) is 0 Å². The molecule has 0 atom stereocenters. The molecular formula is C17H17N3O3. The van der Waals surface area contributed by atoms with Crippen LogP contribution < -0.4 is 20.1 Å². The van der Waals surface area contributed by atoms with E-state index in [2.05, 4.69) is 10.6 Å². The van der Waals surface area contributed by atoms with Gasteiger partial charge in [0.25, 0.3) is 0 Å². The summed E-state index contributed by atoms with van der Waals surface area (Å²) in [5.74, 6) is 1.20. The third kappa shape index (κ3) is 4.14. The van der Waals surface area contributed by atoms with Crippen molar-refractivity contribution in [1.82, 2.24) is 5.32 Å². The summed E-state index contributed by atoms with van der Waals surface area (Å²) >= 11 is 0. The molecule has 0 fully saturated rings. The van der Waals surface area contributed by atoms with Crippen molar-refractivity contribution in [3.05, 3.63) is 53.6 Å². The molecule has 6 heteroatoms. The summed E-state index contributed by atoms with van der Waals surface area (Å²) in [4.78, 5) is 11.9. The van der Waals surface area contributed by atoms with E-state index < -0.39 is 0 Å². The number of nitriles is 1. The molecule has 2 N–H and O–H groups in total. The van der Waals surface area contributed by atoms with Gasteiger partial charge in [0.2, 0.25) is 0 Å². The van der Waals surface area contributed by atoms with Crippen molar-refractivity contribution < 1.29 is 14.3 Å². The van der Waals surface area contributed by atoms with Gasteiger partial charge < -0.3 is 20.1 Å². The fourth-order valence-corrected chi connectivity index (χ4v) is 2.07. The summed E-state index contributed by atoms with van der Waals surface area (Å²) < 4.78 is 10.5. The number of ether oxygens (including phenoxy) is 2. The highest BCUT2D eigenvalue weighted by Gasteiger charge is 2.10. The number of hydrogen-bond donors (Lipinski definition) is 2. The highest BCUT2D eigenvalue weighted by atomic mass is 16.5. The Balaban J connectivity index is 1.98. The molecule has 2 aromatic rings. The number of carbonyl (C=O) groups is 1. The fourth-order valence-electron chi connectivity index (χ4n) is 2.07. The van der Waals surface area contributed by atoms with Gasteiger partial charge in [-0.05, 0) is 30.3 Å². The van der Waals surface area contributed by atoms with Gasteiger partial charge in [0.1, 0.15) is 0 Å². The molecule has 0 heterocycles. The van der Waals surface area contributed by atoms with Crippen molar-refractivity contribution in [2.75, 3.05) is 19.5 Å². The first kappa shape index (κ1) is 16.2. The standard InChI is InChI=1S/C17H17N3O3/c1-22-15-5-3-4-13(16(15)23-2)11-19-17(21)20-14-8-6-12(10-18)7-9-14/h3-9H,11H2,1-2H3,(H2,19,20,21).